The van der Waals surface area contributed by atoms with Gasteiger partial charge in [-0.2, -0.15) is 0 Å². The third kappa shape index (κ3) is 3.25. The molecule has 0 unspecified atom stereocenters. The Balaban J connectivity index is 2.02. The largest absolute Gasteiger partial charge is 0.144 e. The SMILES string of the molecule is CC(C)c1cc(-c2ccccc2)c(Cc2ccccc2)s1. The van der Waals surface area contributed by atoms with Crippen LogP contribution in [-0.4, -0.2) is 0 Å². The van der Waals surface area contributed by atoms with Gasteiger partial charge >= 0.3 is 0 Å². The minimum Gasteiger partial charge on any atom is -0.144 e. The van der Waals surface area contributed by atoms with Gasteiger partial charge in [-0.1, -0.05) is 74.5 Å². The Morgan fingerprint density at radius 1 is 0.857 bits per heavy atom. The molecule has 106 valence electrons. The molecule has 0 aliphatic rings. The molecule has 0 bridgehead atoms. The molecule has 3 rings (SSSR count). The Hall–Kier alpha value is -1.86. The van der Waals surface area contributed by atoms with Crippen molar-refractivity contribution < 1.29 is 0 Å². The van der Waals surface area contributed by atoms with Gasteiger partial charge in [-0.15, -0.1) is 11.3 Å². The molecule has 0 nitrogen and oxygen atoms in total. The summed E-state index contributed by atoms with van der Waals surface area (Å²) in [6.07, 6.45) is 1.02. The van der Waals surface area contributed by atoms with E-state index in [2.05, 4.69) is 80.6 Å². The first-order chi connectivity index (χ1) is 10.2. The van der Waals surface area contributed by atoms with E-state index in [1.165, 1.54) is 26.4 Å². The van der Waals surface area contributed by atoms with Crippen molar-refractivity contribution in [2.45, 2.75) is 26.2 Å². The van der Waals surface area contributed by atoms with E-state index in [1.54, 1.807) is 0 Å². The molecule has 0 saturated heterocycles. The van der Waals surface area contributed by atoms with Crippen LogP contribution in [0.15, 0.2) is 66.7 Å². The fourth-order valence-electron chi connectivity index (χ4n) is 2.51. The molecule has 0 fully saturated rings. The summed E-state index contributed by atoms with van der Waals surface area (Å²) in [5, 5.41) is 0. The zero-order chi connectivity index (χ0) is 14.7. The summed E-state index contributed by atoms with van der Waals surface area (Å²) in [6, 6.07) is 23.9. The number of hydrogen-bond acceptors (Lipinski definition) is 1. The number of hydrogen-bond donors (Lipinski definition) is 0. The van der Waals surface area contributed by atoms with Crippen LogP contribution in [0.25, 0.3) is 11.1 Å². The standard InChI is InChI=1S/C20H20S/c1-15(2)19-14-18(17-11-7-4-8-12-17)20(21-19)13-16-9-5-3-6-10-16/h3-12,14-15H,13H2,1-2H3. The van der Waals surface area contributed by atoms with Crippen molar-refractivity contribution in [2.75, 3.05) is 0 Å². The van der Waals surface area contributed by atoms with Crippen LogP contribution in [0, 0.1) is 0 Å². The maximum Gasteiger partial charge on any atom is 0.0170 e. The smallest absolute Gasteiger partial charge is 0.0170 e. The first kappa shape index (κ1) is 14.1. The van der Waals surface area contributed by atoms with E-state index < -0.39 is 0 Å². The van der Waals surface area contributed by atoms with Crippen LogP contribution in [0.2, 0.25) is 0 Å². The quantitative estimate of drug-likeness (QED) is 0.542. The number of benzene rings is 2. The summed E-state index contributed by atoms with van der Waals surface area (Å²) < 4.78 is 0. The first-order valence-corrected chi connectivity index (χ1v) is 8.27. The van der Waals surface area contributed by atoms with Crippen molar-refractivity contribution in [2.24, 2.45) is 0 Å². The van der Waals surface area contributed by atoms with E-state index in [9.17, 15) is 0 Å². The van der Waals surface area contributed by atoms with Crippen molar-refractivity contribution in [3.8, 4) is 11.1 Å². The highest BCUT2D eigenvalue weighted by atomic mass is 32.1. The second-order valence-corrected chi connectivity index (χ2v) is 6.84. The molecule has 1 heterocycles. The van der Waals surface area contributed by atoms with Crippen LogP contribution >= 0.6 is 11.3 Å². The lowest BCUT2D eigenvalue weighted by Crippen LogP contribution is -1.86. The van der Waals surface area contributed by atoms with E-state index >= 15 is 0 Å². The van der Waals surface area contributed by atoms with E-state index in [1.807, 2.05) is 11.3 Å². The molecule has 0 radical (unpaired) electrons. The topological polar surface area (TPSA) is 0 Å². The van der Waals surface area contributed by atoms with Crippen LogP contribution in [0.1, 0.15) is 35.1 Å². The molecule has 0 aliphatic heterocycles. The maximum absolute atomic E-state index is 2.38. The van der Waals surface area contributed by atoms with Crippen molar-refractivity contribution >= 4 is 11.3 Å². The molecule has 1 aromatic heterocycles. The zero-order valence-electron chi connectivity index (χ0n) is 12.5. The van der Waals surface area contributed by atoms with Gasteiger partial charge in [0.25, 0.3) is 0 Å². The summed E-state index contributed by atoms with van der Waals surface area (Å²) in [7, 11) is 0. The average Bonchev–Trinajstić information content (AvgIpc) is 2.93. The third-order valence-corrected chi connectivity index (χ3v) is 5.12. The van der Waals surface area contributed by atoms with Crippen molar-refractivity contribution in [1.29, 1.82) is 0 Å². The molecule has 2 aromatic carbocycles. The van der Waals surface area contributed by atoms with Crippen LogP contribution in [-0.2, 0) is 6.42 Å². The van der Waals surface area contributed by atoms with Gasteiger partial charge in [-0.25, -0.2) is 0 Å². The van der Waals surface area contributed by atoms with E-state index in [0.29, 0.717) is 5.92 Å². The fraction of sp³-hybridized carbons (Fsp3) is 0.200. The van der Waals surface area contributed by atoms with E-state index in [-0.39, 0.29) is 0 Å². The Morgan fingerprint density at radius 3 is 2.10 bits per heavy atom. The van der Waals surface area contributed by atoms with Gasteiger partial charge in [-0.3, -0.25) is 0 Å². The highest BCUT2D eigenvalue weighted by Gasteiger charge is 2.13. The predicted octanol–water partition coefficient (Wildman–Crippen LogP) is 6.13. The molecule has 3 aromatic rings. The van der Waals surface area contributed by atoms with E-state index in [0.717, 1.165) is 6.42 Å². The molecule has 1 heteroatoms. The Bertz CT molecular complexity index is 693. The molecular weight excluding hydrogens is 272 g/mol. The Kier molecular flexibility index (Phi) is 4.21. The second-order valence-electron chi connectivity index (χ2n) is 5.67. The van der Waals surface area contributed by atoms with Crippen LogP contribution in [0.5, 0.6) is 0 Å². The predicted molar refractivity (Wildman–Crippen MR) is 93.1 cm³/mol. The minimum absolute atomic E-state index is 0.585. The highest BCUT2D eigenvalue weighted by Crippen LogP contribution is 2.36. The molecular formula is C20H20S. The van der Waals surface area contributed by atoms with Gasteiger partial charge in [0.1, 0.15) is 0 Å². The lowest BCUT2D eigenvalue weighted by atomic mass is 10.0. The van der Waals surface area contributed by atoms with Crippen molar-refractivity contribution in [3.63, 3.8) is 0 Å². The summed E-state index contributed by atoms with van der Waals surface area (Å²) in [5.41, 5.74) is 4.10. The molecule has 0 saturated carbocycles. The zero-order valence-corrected chi connectivity index (χ0v) is 13.4. The van der Waals surface area contributed by atoms with Gasteiger partial charge in [0, 0.05) is 16.2 Å². The normalized spacial score (nSPS) is 11.0. The second kappa shape index (κ2) is 6.28. The van der Waals surface area contributed by atoms with Crippen molar-refractivity contribution in [1.82, 2.24) is 0 Å². The lowest BCUT2D eigenvalue weighted by Gasteiger charge is -2.04. The highest BCUT2D eigenvalue weighted by molar-refractivity contribution is 7.12. The van der Waals surface area contributed by atoms with Crippen molar-refractivity contribution in [3.05, 3.63) is 82.0 Å². The molecule has 21 heavy (non-hydrogen) atoms. The summed E-state index contributed by atoms with van der Waals surface area (Å²) in [4.78, 5) is 2.94. The summed E-state index contributed by atoms with van der Waals surface area (Å²) in [6.45, 7) is 4.54. The monoisotopic (exact) mass is 292 g/mol. The van der Waals surface area contributed by atoms with Gasteiger partial charge in [0.15, 0.2) is 0 Å². The molecule has 0 amide bonds. The first-order valence-electron chi connectivity index (χ1n) is 7.46. The summed E-state index contributed by atoms with van der Waals surface area (Å²) in [5.74, 6) is 0.585. The number of rotatable bonds is 4. The van der Waals surface area contributed by atoms with Gasteiger partial charge in [-0.05, 0) is 28.7 Å². The van der Waals surface area contributed by atoms with Crippen LogP contribution < -0.4 is 0 Å². The maximum atomic E-state index is 2.38. The Morgan fingerprint density at radius 2 is 1.48 bits per heavy atom. The number of thiophene rings is 1. The summed E-state index contributed by atoms with van der Waals surface area (Å²) >= 11 is 1.96. The van der Waals surface area contributed by atoms with Crippen LogP contribution in [0.3, 0.4) is 0 Å². The lowest BCUT2D eigenvalue weighted by molar-refractivity contribution is 0.890. The fourth-order valence-corrected chi connectivity index (χ4v) is 3.73. The third-order valence-electron chi connectivity index (χ3n) is 3.69. The Labute approximate surface area is 131 Å². The minimum atomic E-state index is 0.585. The molecule has 0 aliphatic carbocycles. The van der Waals surface area contributed by atoms with Gasteiger partial charge in [0.05, 0.1) is 0 Å². The van der Waals surface area contributed by atoms with Gasteiger partial charge < -0.3 is 0 Å². The van der Waals surface area contributed by atoms with Gasteiger partial charge in [0.2, 0.25) is 0 Å². The molecule has 0 N–H and O–H groups in total. The molecule has 0 atom stereocenters. The van der Waals surface area contributed by atoms with E-state index in [4.69, 9.17) is 0 Å². The average molecular weight is 292 g/mol. The molecule has 0 spiro atoms. The van der Waals surface area contributed by atoms with Crippen LogP contribution in [0.4, 0.5) is 0 Å².